The van der Waals surface area contributed by atoms with Crippen LogP contribution in [0.4, 0.5) is 0 Å². The Kier molecular flexibility index (Phi) is 4.54. The minimum absolute atomic E-state index is 0.0758. The van der Waals surface area contributed by atoms with Crippen LogP contribution in [-0.2, 0) is 9.59 Å². The lowest BCUT2D eigenvalue weighted by molar-refractivity contribution is -0.131. The van der Waals surface area contributed by atoms with Crippen molar-refractivity contribution in [1.29, 1.82) is 0 Å². The highest BCUT2D eigenvalue weighted by atomic mass is 35.5. The first-order valence-electron chi connectivity index (χ1n) is 9.13. The molecule has 2 aliphatic heterocycles. The Balaban J connectivity index is 1.85. The fourth-order valence-electron chi connectivity index (χ4n) is 3.83. The largest absolute Gasteiger partial charge is 0.497 e. The van der Waals surface area contributed by atoms with E-state index in [2.05, 4.69) is 15.0 Å². The van der Waals surface area contributed by atoms with Gasteiger partial charge >= 0.3 is 0 Å². The summed E-state index contributed by atoms with van der Waals surface area (Å²) in [7, 11) is 1.60. The maximum absolute atomic E-state index is 13.2. The number of Topliss-reactive ketones (excluding diaryl/α,β-unsaturated/α-hetero) is 2. The average Bonchev–Trinajstić information content (AvgIpc) is 3.13. The van der Waals surface area contributed by atoms with Gasteiger partial charge in [-0.25, -0.2) is 9.98 Å². The van der Waals surface area contributed by atoms with Gasteiger partial charge in [0.05, 0.1) is 13.0 Å². The second-order valence-electron chi connectivity index (χ2n) is 7.54. The number of amidine groups is 1. The smallest absolute Gasteiger partial charge is 0.187 e. The number of hydrogen-bond donors (Lipinski definition) is 0. The zero-order valence-corrected chi connectivity index (χ0v) is 16.7. The van der Waals surface area contributed by atoms with Gasteiger partial charge in [-0.1, -0.05) is 0 Å². The predicted molar refractivity (Wildman–Crippen MR) is 109 cm³/mol. The number of ether oxygens (including phenoxy) is 1. The highest BCUT2D eigenvalue weighted by Gasteiger charge is 2.50. The normalized spacial score (nSPS) is 25.3. The lowest BCUT2D eigenvalue weighted by atomic mass is 9.67. The Morgan fingerprint density at radius 3 is 2.50 bits per heavy atom. The van der Waals surface area contributed by atoms with Gasteiger partial charge in [0, 0.05) is 29.1 Å². The predicted octanol–water partition coefficient (Wildman–Crippen LogP) is 3.03. The van der Waals surface area contributed by atoms with Gasteiger partial charge in [0.1, 0.15) is 22.7 Å². The summed E-state index contributed by atoms with van der Waals surface area (Å²) in [5, 5.41) is 0. The maximum atomic E-state index is 13.2. The van der Waals surface area contributed by atoms with Crippen LogP contribution in [-0.4, -0.2) is 47.9 Å². The highest BCUT2D eigenvalue weighted by molar-refractivity contribution is 6.52. The van der Waals surface area contributed by atoms with Gasteiger partial charge in [-0.05, 0) is 44.5 Å². The Morgan fingerprint density at radius 1 is 1.14 bits per heavy atom. The third kappa shape index (κ3) is 2.83. The molecule has 0 spiro atoms. The number of allylic oxidation sites excluding steroid dienone is 2. The molecule has 7 heteroatoms. The fourth-order valence-corrected chi connectivity index (χ4v) is 4.07. The number of aliphatic imine (C=N–C) groups is 3. The van der Waals surface area contributed by atoms with Gasteiger partial charge in [-0.2, -0.15) is 0 Å². The third-order valence-electron chi connectivity index (χ3n) is 5.42. The number of hydrogen-bond acceptors (Lipinski definition) is 6. The molecule has 6 nitrogen and oxygen atoms in total. The quantitative estimate of drug-likeness (QED) is 0.732. The van der Waals surface area contributed by atoms with Gasteiger partial charge < -0.3 is 4.74 Å². The van der Waals surface area contributed by atoms with Crippen molar-refractivity contribution >= 4 is 40.9 Å². The molecular formula is C21H20ClN3O3. The third-order valence-corrected chi connectivity index (χ3v) is 5.64. The first kappa shape index (κ1) is 18.7. The van der Waals surface area contributed by atoms with Crippen molar-refractivity contribution in [3.63, 3.8) is 0 Å². The number of halogens is 1. The van der Waals surface area contributed by atoms with E-state index in [0.29, 0.717) is 35.1 Å². The molecule has 1 aliphatic carbocycles. The van der Waals surface area contributed by atoms with E-state index in [1.165, 1.54) is 0 Å². The van der Waals surface area contributed by atoms with Gasteiger partial charge in [0.15, 0.2) is 17.4 Å². The number of alkyl halides is 1. The molecule has 0 N–H and O–H groups in total. The number of carbonyl (C=O) groups excluding carboxylic acids is 2. The summed E-state index contributed by atoms with van der Waals surface area (Å²) in [4.78, 5) is 39.8. The summed E-state index contributed by atoms with van der Waals surface area (Å²) in [6.45, 7) is 3.53. The van der Waals surface area contributed by atoms with E-state index in [-0.39, 0.29) is 11.6 Å². The molecule has 3 aliphatic rings. The Morgan fingerprint density at radius 2 is 1.86 bits per heavy atom. The molecule has 144 valence electrons. The maximum Gasteiger partial charge on any atom is 0.187 e. The molecule has 0 radical (unpaired) electrons. The van der Waals surface area contributed by atoms with Crippen LogP contribution in [0.1, 0.15) is 25.8 Å². The molecule has 28 heavy (non-hydrogen) atoms. The van der Waals surface area contributed by atoms with Crippen molar-refractivity contribution in [3.05, 3.63) is 41.1 Å². The molecular weight excluding hydrogens is 378 g/mol. The Labute approximate surface area is 168 Å². The minimum atomic E-state index is -0.866. The van der Waals surface area contributed by atoms with E-state index in [9.17, 15) is 9.59 Å². The summed E-state index contributed by atoms with van der Waals surface area (Å²) >= 11 is 5.95. The fraction of sp³-hybridized carbons (Fsp3) is 0.381. The van der Waals surface area contributed by atoms with Crippen LogP contribution in [0.2, 0.25) is 0 Å². The molecule has 0 saturated heterocycles. The summed E-state index contributed by atoms with van der Waals surface area (Å²) in [6, 6.07) is 7.30. The molecule has 0 bridgehead atoms. The second-order valence-corrected chi connectivity index (χ2v) is 7.91. The van der Waals surface area contributed by atoms with E-state index in [1.54, 1.807) is 27.2 Å². The van der Waals surface area contributed by atoms with Crippen LogP contribution in [0.5, 0.6) is 5.75 Å². The second kappa shape index (κ2) is 6.78. The van der Waals surface area contributed by atoms with Crippen LogP contribution < -0.4 is 4.74 Å². The standard InChI is InChI=1S/C21H20ClN3O3/c1-21(2)19(27)15-13(8-9-22)18(26)17-16(14(15)10-23-21)24-20(25-17)11-4-6-12(28-3)7-5-11/h4-7,10,13,15H,8-9H2,1-3H3. The van der Waals surface area contributed by atoms with Gasteiger partial charge in [-0.3, -0.25) is 14.6 Å². The lowest BCUT2D eigenvalue weighted by Crippen LogP contribution is -2.49. The van der Waals surface area contributed by atoms with Crippen LogP contribution >= 0.6 is 11.6 Å². The van der Waals surface area contributed by atoms with Crippen LogP contribution in [0.15, 0.2) is 50.5 Å². The van der Waals surface area contributed by atoms with Crippen LogP contribution in [0, 0.1) is 11.8 Å². The van der Waals surface area contributed by atoms with Crippen LogP contribution in [0.25, 0.3) is 0 Å². The molecule has 2 heterocycles. The summed E-state index contributed by atoms with van der Waals surface area (Å²) in [5.41, 5.74) is 1.33. The minimum Gasteiger partial charge on any atom is -0.497 e. The summed E-state index contributed by atoms with van der Waals surface area (Å²) in [5.74, 6) is 0.110. The van der Waals surface area contributed by atoms with Crippen molar-refractivity contribution in [2.45, 2.75) is 25.8 Å². The van der Waals surface area contributed by atoms with Crippen molar-refractivity contribution in [2.24, 2.45) is 26.8 Å². The molecule has 0 amide bonds. The van der Waals surface area contributed by atoms with Crippen molar-refractivity contribution < 1.29 is 14.3 Å². The zero-order valence-electron chi connectivity index (χ0n) is 15.9. The molecule has 0 fully saturated rings. The molecule has 4 rings (SSSR count). The first-order chi connectivity index (χ1) is 13.4. The zero-order chi connectivity index (χ0) is 20.1. The number of carbonyl (C=O) groups is 2. The summed E-state index contributed by atoms with van der Waals surface area (Å²) in [6.07, 6.45) is 2.10. The van der Waals surface area contributed by atoms with Crippen molar-refractivity contribution in [3.8, 4) is 5.75 Å². The van der Waals surface area contributed by atoms with E-state index < -0.39 is 17.4 Å². The molecule has 2 atom stereocenters. The van der Waals surface area contributed by atoms with E-state index in [4.69, 9.17) is 16.3 Å². The molecule has 2 unspecified atom stereocenters. The van der Waals surface area contributed by atoms with E-state index >= 15 is 0 Å². The number of rotatable bonds is 4. The molecule has 0 aromatic heterocycles. The van der Waals surface area contributed by atoms with Crippen molar-refractivity contribution in [2.75, 3.05) is 13.0 Å². The Hall–Kier alpha value is -2.60. The van der Waals surface area contributed by atoms with Crippen molar-refractivity contribution in [1.82, 2.24) is 0 Å². The average molecular weight is 398 g/mol. The van der Waals surface area contributed by atoms with E-state index in [0.717, 1.165) is 11.3 Å². The number of nitrogens with zero attached hydrogens (tertiary/aromatic N) is 3. The van der Waals surface area contributed by atoms with Gasteiger partial charge in [0.25, 0.3) is 0 Å². The molecule has 0 saturated carbocycles. The van der Waals surface area contributed by atoms with Gasteiger partial charge in [-0.15, -0.1) is 11.6 Å². The van der Waals surface area contributed by atoms with E-state index in [1.807, 2.05) is 24.3 Å². The van der Waals surface area contributed by atoms with Gasteiger partial charge in [0.2, 0.25) is 0 Å². The number of fused-ring (bicyclic) bond motifs is 2. The Bertz CT molecular complexity index is 987. The topological polar surface area (TPSA) is 80.5 Å². The molecule has 1 aromatic carbocycles. The number of benzene rings is 1. The number of methoxy groups -OCH3 is 1. The first-order valence-corrected chi connectivity index (χ1v) is 9.67. The molecule has 1 aromatic rings. The SMILES string of the molecule is COc1ccc(C2=NC3=C4C=NC(C)(C)C(=O)C4C(CCCl)C(=O)C3=N2)cc1. The highest BCUT2D eigenvalue weighted by Crippen LogP contribution is 2.41. The monoisotopic (exact) mass is 397 g/mol. The van der Waals surface area contributed by atoms with Crippen LogP contribution in [0.3, 0.4) is 0 Å². The number of ketones is 2. The lowest BCUT2D eigenvalue weighted by Gasteiger charge is -2.37. The summed E-state index contributed by atoms with van der Waals surface area (Å²) < 4.78 is 5.18.